The Hall–Kier alpha value is -2.55. The van der Waals surface area contributed by atoms with E-state index in [4.69, 9.17) is 4.74 Å². The Morgan fingerprint density at radius 3 is 2.85 bits per heavy atom. The summed E-state index contributed by atoms with van der Waals surface area (Å²) in [6.07, 6.45) is 1.99. The van der Waals surface area contributed by atoms with E-state index < -0.39 is 0 Å². The van der Waals surface area contributed by atoms with Crippen LogP contribution in [0, 0.1) is 5.82 Å². The van der Waals surface area contributed by atoms with E-state index in [1.165, 1.54) is 28.8 Å². The Kier molecular flexibility index (Phi) is 5.77. The van der Waals surface area contributed by atoms with Crippen molar-refractivity contribution < 1.29 is 13.9 Å². The summed E-state index contributed by atoms with van der Waals surface area (Å²) in [5.74, 6) is -0.598. The van der Waals surface area contributed by atoms with E-state index in [0.29, 0.717) is 34.8 Å². The molecule has 0 aliphatic carbocycles. The molecule has 0 spiro atoms. The van der Waals surface area contributed by atoms with E-state index in [0.717, 1.165) is 0 Å². The third-order valence-electron chi connectivity index (χ3n) is 3.72. The smallest absolute Gasteiger partial charge is 0.319 e. The summed E-state index contributed by atoms with van der Waals surface area (Å²) in [6.45, 7) is 4.21. The Morgan fingerprint density at radius 2 is 2.12 bits per heavy atom. The summed E-state index contributed by atoms with van der Waals surface area (Å²) in [5, 5.41) is 8.37. The number of nitrogens with zero attached hydrogens (tertiary/aromatic N) is 5. The molecule has 136 valence electrons. The molecule has 0 unspecified atom stereocenters. The molecule has 0 saturated heterocycles. The zero-order valence-corrected chi connectivity index (χ0v) is 15.2. The lowest BCUT2D eigenvalue weighted by molar-refractivity contribution is -0.142. The maximum atomic E-state index is 13.9. The quantitative estimate of drug-likeness (QED) is 0.357. The number of fused-ring (bicyclic) bond motifs is 1. The normalized spacial score (nSPS) is 12.3. The molecular formula is C17H18FN5O2S. The molecule has 1 atom stereocenters. The number of ether oxygens (including phenoxy) is 1. The van der Waals surface area contributed by atoms with Crippen LogP contribution < -0.4 is 0 Å². The predicted molar refractivity (Wildman–Crippen MR) is 95.2 cm³/mol. The van der Waals surface area contributed by atoms with Crippen molar-refractivity contribution in [1.29, 1.82) is 0 Å². The van der Waals surface area contributed by atoms with Gasteiger partial charge in [0.1, 0.15) is 22.4 Å². The molecule has 9 heteroatoms. The van der Waals surface area contributed by atoms with Gasteiger partial charge in [0.2, 0.25) is 0 Å². The highest BCUT2D eigenvalue weighted by Crippen LogP contribution is 2.29. The molecule has 3 aromatic rings. The highest BCUT2D eigenvalue weighted by atomic mass is 32.2. The van der Waals surface area contributed by atoms with Gasteiger partial charge in [-0.15, -0.1) is 5.10 Å². The van der Waals surface area contributed by atoms with Gasteiger partial charge in [0, 0.05) is 5.56 Å². The molecule has 0 radical (unpaired) electrons. The molecule has 3 rings (SSSR count). The van der Waals surface area contributed by atoms with E-state index >= 15 is 0 Å². The minimum atomic E-state index is -0.384. The van der Waals surface area contributed by atoms with Gasteiger partial charge in [0.15, 0.2) is 11.2 Å². The lowest BCUT2D eigenvalue weighted by Gasteiger charge is -2.12. The van der Waals surface area contributed by atoms with Crippen LogP contribution >= 0.6 is 11.8 Å². The second-order valence-corrected chi connectivity index (χ2v) is 6.65. The van der Waals surface area contributed by atoms with E-state index in [1.807, 2.05) is 6.92 Å². The third-order valence-corrected chi connectivity index (χ3v) is 5.05. The molecular weight excluding hydrogens is 357 g/mol. The fourth-order valence-corrected chi connectivity index (χ4v) is 3.37. The molecule has 0 aliphatic rings. The summed E-state index contributed by atoms with van der Waals surface area (Å²) >= 11 is 1.27. The summed E-state index contributed by atoms with van der Waals surface area (Å²) in [6, 6.07) is 6.48. The Balaban J connectivity index is 1.89. The number of aromatic nitrogens is 5. The number of carbonyl (C=O) groups is 1. The maximum absolute atomic E-state index is 13.9. The molecule has 0 amide bonds. The average molecular weight is 375 g/mol. The van der Waals surface area contributed by atoms with Crippen molar-refractivity contribution in [2.24, 2.45) is 0 Å². The van der Waals surface area contributed by atoms with Crippen molar-refractivity contribution in [2.45, 2.75) is 37.1 Å². The molecule has 0 bridgehead atoms. The Morgan fingerprint density at radius 1 is 1.31 bits per heavy atom. The van der Waals surface area contributed by atoms with Gasteiger partial charge >= 0.3 is 5.97 Å². The number of halogens is 1. The third kappa shape index (κ3) is 3.82. The van der Waals surface area contributed by atoms with Crippen LogP contribution in [-0.2, 0) is 16.1 Å². The molecule has 0 N–H and O–H groups in total. The number of benzene rings is 1. The molecule has 0 aliphatic heterocycles. The minimum absolute atomic E-state index is 0.208. The molecule has 0 saturated carbocycles. The Labute approximate surface area is 154 Å². The number of rotatable bonds is 7. The lowest BCUT2D eigenvalue weighted by Crippen LogP contribution is -2.19. The van der Waals surface area contributed by atoms with Crippen LogP contribution in [0.15, 0.2) is 35.6 Å². The van der Waals surface area contributed by atoms with E-state index in [-0.39, 0.29) is 23.6 Å². The van der Waals surface area contributed by atoms with Crippen molar-refractivity contribution in [3.05, 3.63) is 42.0 Å². The fourth-order valence-electron chi connectivity index (χ4n) is 2.42. The first-order chi connectivity index (χ1) is 12.6. The topological polar surface area (TPSA) is 82.8 Å². The van der Waals surface area contributed by atoms with Crippen LogP contribution in [0.25, 0.3) is 11.2 Å². The van der Waals surface area contributed by atoms with Gasteiger partial charge in [0.05, 0.1) is 13.2 Å². The van der Waals surface area contributed by atoms with Crippen molar-refractivity contribution in [3.63, 3.8) is 0 Å². The molecule has 2 heterocycles. The first kappa shape index (κ1) is 18.2. The zero-order chi connectivity index (χ0) is 18.5. The monoisotopic (exact) mass is 375 g/mol. The molecule has 1 aromatic carbocycles. The van der Waals surface area contributed by atoms with Crippen LogP contribution in [0.2, 0.25) is 0 Å². The standard InChI is InChI=1S/C17H18FN5O2S/c1-3-13(17(24)25-4-2)26-16-14-15(19-10-20-16)23(22-21-14)9-11-7-5-6-8-12(11)18/h5-8,10,13H,3-4,9H2,1-2H3/t13-/m1/s1. The van der Waals surface area contributed by atoms with E-state index in [2.05, 4.69) is 20.3 Å². The number of carbonyl (C=O) groups excluding carboxylic acids is 1. The minimum Gasteiger partial charge on any atom is -0.465 e. The number of esters is 1. The fraction of sp³-hybridized carbons (Fsp3) is 0.353. The van der Waals surface area contributed by atoms with Crippen LogP contribution in [0.5, 0.6) is 0 Å². The SMILES string of the molecule is CCOC(=O)[C@@H](CC)Sc1ncnc2c1nnn2Cc1ccccc1F. The van der Waals surface area contributed by atoms with Crippen LogP contribution in [0.1, 0.15) is 25.8 Å². The molecule has 2 aromatic heterocycles. The van der Waals surface area contributed by atoms with Crippen LogP contribution in [0.3, 0.4) is 0 Å². The number of hydrogen-bond acceptors (Lipinski definition) is 7. The highest BCUT2D eigenvalue weighted by molar-refractivity contribution is 8.00. The van der Waals surface area contributed by atoms with Crippen LogP contribution in [-0.4, -0.2) is 42.8 Å². The first-order valence-electron chi connectivity index (χ1n) is 8.24. The lowest BCUT2D eigenvalue weighted by atomic mass is 10.2. The Bertz CT molecular complexity index is 917. The van der Waals surface area contributed by atoms with E-state index in [9.17, 15) is 9.18 Å². The van der Waals surface area contributed by atoms with E-state index in [1.54, 1.807) is 25.1 Å². The predicted octanol–water partition coefficient (Wildman–Crippen LogP) is 2.84. The number of hydrogen-bond donors (Lipinski definition) is 0. The average Bonchev–Trinajstić information content (AvgIpc) is 3.05. The second kappa shape index (κ2) is 8.22. The first-order valence-corrected chi connectivity index (χ1v) is 9.12. The zero-order valence-electron chi connectivity index (χ0n) is 14.4. The van der Waals surface area contributed by atoms with Gasteiger partial charge in [-0.25, -0.2) is 19.0 Å². The molecule has 26 heavy (non-hydrogen) atoms. The van der Waals surface area contributed by atoms with Crippen molar-refractivity contribution >= 4 is 28.9 Å². The largest absolute Gasteiger partial charge is 0.465 e. The van der Waals surface area contributed by atoms with Crippen molar-refractivity contribution in [2.75, 3.05) is 6.61 Å². The summed E-state index contributed by atoms with van der Waals surface area (Å²) in [4.78, 5) is 20.5. The van der Waals surface area contributed by atoms with Gasteiger partial charge in [-0.2, -0.15) is 0 Å². The summed E-state index contributed by atoms with van der Waals surface area (Å²) in [7, 11) is 0. The molecule has 0 fully saturated rings. The van der Waals surface area contributed by atoms with Crippen molar-refractivity contribution in [1.82, 2.24) is 25.0 Å². The van der Waals surface area contributed by atoms with Gasteiger partial charge in [-0.05, 0) is 19.4 Å². The van der Waals surface area contributed by atoms with Crippen molar-refractivity contribution in [3.8, 4) is 0 Å². The van der Waals surface area contributed by atoms with Gasteiger partial charge in [-0.1, -0.05) is 42.1 Å². The summed E-state index contributed by atoms with van der Waals surface area (Å²) < 4.78 is 20.5. The maximum Gasteiger partial charge on any atom is 0.319 e. The van der Waals surface area contributed by atoms with Gasteiger partial charge < -0.3 is 4.74 Å². The molecule has 7 nitrogen and oxygen atoms in total. The number of thioether (sulfide) groups is 1. The van der Waals surface area contributed by atoms with Gasteiger partial charge in [-0.3, -0.25) is 4.79 Å². The highest BCUT2D eigenvalue weighted by Gasteiger charge is 2.23. The van der Waals surface area contributed by atoms with Gasteiger partial charge in [0.25, 0.3) is 0 Å². The van der Waals surface area contributed by atoms with Crippen LogP contribution in [0.4, 0.5) is 4.39 Å². The summed E-state index contributed by atoms with van der Waals surface area (Å²) in [5.41, 5.74) is 1.46. The second-order valence-electron chi connectivity index (χ2n) is 5.46.